The van der Waals surface area contributed by atoms with Gasteiger partial charge in [0.25, 0.3) is 0 Å². The monoisotopic (exact) mass is 262 g/mol. The molecule has 2 N–H and O–H groups in total. The first kappa shape index (κ1) is 12.3. The molecule has 102 valence electrons. The molecule has 0 bridgehead atoms. The lowest BCUT2D eigenvalue weighted by atomic mass is 10.1. The van der Waals surface area contributed by atoms with Crippen molar-refractivity contribution in [2.24, 2.45) is 11.1 Å². The Morgan fingerprint density at radius 2 is 2.11 bits per heavy atom. The van der Waals surface area contributed by atoms with Crippen LogP contribution in [0.25, 0.3) is 0 Å². The molecule has 1 fully saturated rings. The van der Waals surface area contributed by atoms with Crippen LogP contribution in [-0.4, -0.2) is 31.2 Å². The molecule has 2 aliphatic rings. The molecule has 1 heterocycles. The van der Waals surface area contributed by atoms with Crippen LogP contribution >= 0.6 is 0 Å². The fourth-order valence-electron chi connectivity index (χ4n) is 2.45. The summed E-state index contributed by atoms with van der Waals surface area (Å²) in [7, 11) is 1.82. The molecule has 19 heavy (non-hydrogen) atoms. The van der Waals surface area contributed by atoms with Crippen LogP contribution in [0.15, 0.2) is 18.2 Å². The number of rotatable bonds is 4. The Hall–Kier alpha value is -1.75. The summed E-state index contributed by atoms with van der Waals surface area (Å²) in [6, 6.07) is 5.76. The van der Waals surface area contributed by atoms with E-state index in [1.807, 2.05) is 25.2 Å². The van der Waals surface area contributed by atoms with E-state index in [0.29, 0.717) is 13.1 Å². The number of hydrogen-bond acceptors (Lipinski definition) is 4. The lowest BCUT2D eigenvalue weighted by Gasteiger charge is -2.22. The molecular weight excluding hydrogens is 244 g/mol. The maximum Gasteiger partial charge on any atom is 0.231 e. The number of carbonyl (C=O) groups is 1. The van der Waals surface area contributed by atoms with Gasteiger partial charge in [-0.05, 0) is 30.5 Å². The molecule has 5 heteroatoms. The molecule has 5 nitrogen and oxygen atoms in total. The van der Waals surface area contributed by atoms with Crippen LogP contribution in [-0.2, 0) is 11.3 Å². The molecule has 1 amide bonds. The summed E-state index contributed by atoms with van der Waals surface area (Å²) in [6.07, 6.45) is 1.82. The second kappa shape index (κ2) is 4.42. The molecule has 0 unspecified atom stereocenters. The number of amides is 1. The summed E-state index contributed by atoms with van der Waals surface area (Å²) in [5.41, 5.74) is 6.44. The van der Waals surface area contributed by atoms with E-state index in [1.165, 1.54) is 0 Å². The minimum absolute atomic E-state index is 0.146. The Morgan fingerprint density at radius 3 is 2.79 bits per heavy atom. The standard InChI is InChI=1S/C14H18N2O3/c1-16(13(17)14(8-15)4-5-14)7-10-2-3-11-12(6-10)19-9-18-11/h2-3,6H,4-5,7-9,15H2,1H3. The minimum Gasteiger partial charge on any atom is -0.454 e. The van der Waals surface area contributed by atoms with Crippen LogP contribution in [0.4, 0.5) is 0 Å². The maximum absolute atomic E-state index is 12.3. The van der Waals surface area contributed by atoms with E-state index in [0.717, 1.165) is 29.9 Å². The normalized spacial score (nSPS) is 18.2. The first-order chi connectivity index (χ1) is 9.14. The second-order valence-corrected chi connectivity index (χ2v) is 5.33. The van der Waals surface area contributed by atoms with Crippen LogP contribution in [0.5, 0.6) is 11.5 Å². The van der Waals surface area contributed by atoms with Gasteiger partial charge in [0, 0.05) is 20.1 Å². The number of hydrogen-bond donors (Lipinski definition) is 1. The predicted octanol–water partition coefficient (Wildman–Crippen LogP) is 1.11. The number of benzene rings is 1. The summed E-state index contributed by atoms with van der Waals surface area (Å²) in [6.45, 7) is 1.28. The minimum atomic E-state index is -0.287. The van der Waals surface area contributed by atoms with Crippen LogP contribution in [0, 0.1) is 5.41 Å². The van der Waals surface area contributed by atoms with Gasteiger partial charge in [0.05, 0.1) is 5.41 Å². The molecule has 1 aromatic carbocycles. The largest absolute Gasteiger partial charge is 0.454 e. The number of carbonyl (C=O) groups excluding carboxylic acids is 1. The lowest BCUT2D eigenvalue weighted by Crippen LogP contribution is -2.37. The molecule has 1 aliphatic heterocycles. The van der Waals surface area contributed by atoms with Crippen molar-refractivity contribution in [3.8, 4) is 11.5 Å². The highest BCUT2D eigenvalue weighted by atomic mass is 16.7. The molecule has 0 radical (unpaired) electrons. The first-order valence-electron chi connectivity index (χ1n) is 6.49. The van der Waals surface area contributed by atoms with E-state index in [-0.39, 0.29) is 18.1 Å². The van der Waals surface area contributed by atoms with Gasteiger partial charge in [-0.15, -0.1) is 0 Å². The highest BCUT2D eigenvalue weighted by Crippen LogP contribution is 2.46. The highest BCUT2D eigenvalue weighted by molar-refractivity contribution is 5.85. The first-order valence-corrected chi connectivity index (χ1v) is 6.49. The smallest absolute Gasteiger partial charge is 0.231 e. The van der Waals surface area contributed by atoms with Crippen molar-refractivity contribution in [3.05, 3.63) is 23.8 Å². The summed E-state index contributed by atoms with van der Waals surface area (Å²) >= 11 is 0. The van der Waals surface area contributed by atoms with Gasteiger partial charge in [-0.25, -0.2) is 0 Å². The zero-order valence-corrected chi connectivity index (χ0v) is 11.0. The molecule has 1 aromatic rings. The number of nitrogens with zero attached hydrogens (tertiary/aromatic N) is 1. The van der Waals surface area contributed by atoms with Gasteiger partial charge in [-0.2, -0.15) is 0 Å². The number of ether oxygens (including phenoxy) is 2. The van der Waals surface area contributed by atoms with Gasteiger partial charge in [0.15, 0.2) is 11.5 Å². The van der Waals surface area contributed by atoms with Crippen molar-refractivity contribution < 1.29 is 14.3 Å². The molecule has 0 aromatic heterocycles. The van der Waals surface area contributed by atoms with E-state index >= 15 is 0 Å². The zero-order valence-electron chi connectivity index (χ0n) is 11.0. The average molecular weight is 262 g/mol. The van der Waals surface area contributed by atoms with Gasteiger partial charge >= 0.3 is 0 Å². The van der Waals surface area contributed by atoms with Crippen molar-refractivity contribution >= 4 is 5.91 Å². The van der Waals surface area contributed by atoms with Gasteiger partial charge in [0.1, 0.15) is 0 Å². The molecule has 1 aliphatic carbocycles. The van der Waals surface area contributed by atoms with Gasteiger partial charge in [-0.1, -0.05) is 6.07 Å². The van der Waals surface area contributed by atoms with Crippen molar-refractivity contribution in [1.82, 2.24) is 4.90 Å². The quantitative estimate of drug-likeness (QED) is 0.883. The van der Waals surface area contributed by atoms with Crippen LogP contribution in [0.1, 0.15) is 18.4 Å². The van der Waals surface area contributed by atoms with Gasteiger partial charge < -0.3 is 20.1 Å². The molecule has 1 saturated carbocycles. The zero-order chi connectivity index (χ0) is 13.5. The Kier molecular flexibility index (Phi) is 2.86. The number of nitrogens with two attached hydrogens (primary N) is 1. The molecule has 0 saturated heterocycles. The molecular formula is C14H18N2O3. The van der Waals surface area contributed by atoms with Crippen LogP contribution < -0.4 is 15.2 Å². The maximum atomic E-state index is 12.3. The fourth-order valence-corrected chi connectivity index (χ4v) is 2.45. The molecule has 0 spiro atoms. The third kappa shape index (κ3) is 2.14. The highest BCUT2D eigenvalue weighted by Gasteiger charge is 2.49. The van der Waals surface area contributed by atoms with E-state index < -0.39 is 0 Å². The predicted molar refractivity (Wildman–Crippen MR) is 69.8 cm³/mol. The van der Waals surface area contributed by atoms with E-state index in [4.69, 9.17) is 15.2 Å². The Balaban J connectivity index is 1.69. The van der Waals surface area contributed by atoms with Gasteiger partial charge in [0.2, 0.25) is 12.7 Å². The summed E-state index contributed by atoms with van der Waals surface area (Å²) in [5, 5.41) is 0. The van der Waals surface area contributed by atoms with Gasteiger partial charge in [-0.3, -0.25) is 4.79 Å². The fraction of sp³-hybridized carbons (Fsp3) is 0.500. The molecule has 0 atom stereocenters. The summed E-state index contributed by atoms with van der Waals surface area (Å²) in [5.74, 6) is 1.66. The second-order valence-electron chi connectivity index (χ2n) is 5.33. The van der Waals surface area contributed by atoms with Crippen molar-refractivity contribution in [3.63, 3.8) is 0 Å². The third-order valence-corrected chi connectivity index (χ3v) is 3.90. The van der Waals surface area contributed by atoms with Crippen molar-refractivity contribution in [2.45, 2.75) is 19.4 Å². The van der Waals surface area contributed by atoms with Crippen molar-refractivity contribution in [2.75, 3.05) is 20.4 Å². The van der Waals surface area contributed by atoms with Crippen molar-refractivity contribution in [1.29, 1.82) is 0 Å². The van der Waals surface area contributed by atoms with E-state index in [2.05, 4.69) is 0 Å². The summed E-state index contributed by atoms with van der Waals surface area (Å²) < 4.78 is 10.6. The molecule has 3 rings (SSSR count). The third-order valence-electron chi connectivity index (χ3n) is 3.90. The summed E-state index contributed by atoms with van der Waals surface area (Å²) in [4.78, 5) is 14.0. The van der Waals surface area contributed by atoms with Crippen LogP contribution in [0.3, 0.4) is 0 Å². The Morgan fingerprint density at radius 1 is 1.37 bits per heavy atom. The topological polar surface area (TPSA) is 64.8 Å². The van der Waals surface area contributed by atoms with Crippen LogP contribution in [0.2, 0.25) is 0 Å². The average Bonchev–Trinajstić information content (AvgIpc) is 3.09. The SMILES string of the molecule is CN(Cc1ccc2c(c1)OCO2)C(=O)C1(CN)CC1. The number of fused-ring (bicyclic) bond motifs is 1. The van der Waals surface area contributed by atoms with E-state index in [1.54, 1.807) is 4.90 Å². The Labute approximate surface area is 112 Å². The Bertz CT molecular complexity index is 511. The lowest BCUT2D eigenvalue weighted by molar-refractivity contribution is -0.135. The van der Waals surface area contributed by atoms with E-state index in [9.17, 15) is 4.79 Å².